The van der Waals surface area contributed by atoms with Gasteiger partial charge in [0.1, 0.15) is 0 Å². The molecule has 5 nitrogen and oxygen atoms in total. The smallest absolute Gasteiger partial charge is 0.301 e. The predicted molar refractivity (Wildman–Crippen MR) is 86.0 cm³/mol. The Hall–Kier alpha value is 1.19. The molecule has 0 aromatic heterocycles. The Morgan fingerprint density at radius 1 is 1.42 bits per heavy atom. The molecule has 0 radical (unpaired) electrons. The van der Waals surface area contributed by atoms with Crippen LogP contribution in [0.4, 0.5) is 0 Å². The lowest BCUT2D eigenvalue weighted by Crippen LogP contribution is -2.25. The first-order valence-electron chi connectivity index (χ1n) is 5.29. The van der Waals surface area contributed by atoms with E-state index >= 15 is 0 Å². The van der Waals surface area contributed by atoms with E-state index < -0.39 is 9.77 Å². The van der Waals surface area contributed by atoms with E-state index in [4.69, 9.17) is 39.5 Å². The van der Waals surface area contributed by atoms with Gasteiger partial charge in [0.25, 0.3) is 3.12 Å². The van der Waals surface area contributed by atoms with Gasteiger partial charge in [-0.3, -0.25) is 14.4 Å². The fraction of sp³-hybridized carbons (Fsp3) is 0.875. The molecule has 114 valence electrons. The van der Waals surface area contributed by atoms with Crippen molar-refractivity contribution in [2.75, 3.05) is 19.5 Å². The maximum Gasteiger partial charge on any atom is 0.301 e. The van der Waals surface area contributed by atoms with E-state index in [1.54, 1.807) is 0 Å². The van der Waals surface area contributed by atoms with Crippen molar-refractivity contribution in [1.82, 2.24) is 9.58 Å². The SMILES string of the molecule is CCCSP(=O)(NSC(Cl)(Cl)Cl)NC(=O)CCOC. The van der Waals surface area contributed by atoms with E-state index in [0.29, 0.717) is 17.7 Å². The summed E-state index contributed by atoms with van der Waals surface area (Å²) in [5.74, 6) is 0.223. The summed E-state index contributed by atoms with van der Waals surface area (Å²) < 4.78 is 18.1. The molecular formula is C8H16Cl3N2O3PS2. The zero-order chi connectivity index (χ0) is 14.9. The van der Waals surface area contributed by atoms with Crippen LogP contribution in [0.2, 0.25) is 0 Å². The third kappa shape index (κ3) is 11.5. The minimum Gasteiger partial charge on any atom is -0.384 e. The molecule has 1 amide bonds. The van der Waals surface area contributed by atoms with Gasteiger partial charge in [0.15, 0.2) is 0 Å². The van der Waals surface area contributed by atoms with Crippen LogP contribution in [0.1, 0.15) is 19.8 Å². The van der Waals surface area contributed by atoms with Crippen LogP contribution in [-0.2, 0) is 14.1 Å². The first-order chi connectivity index (χ1) is 8.72. The van der Waals surface area contributed by atoms with Crippen molar-refractivity contribution >= 4 is 70.7 Å². The number of amides is 1. The Kier molecular flexibility index (Phi) is 10.6. The summed E-state index contributed by atoms with van der Waals surface area (Å²) in [6.07, 6.45) is 0.927. The number of hydrogen-bond acceptors (Lipinski definition) is 5. The standard InChI is InChI=1S/C8H16Cl3N2O3PS2/c1-3-6-18-17(15,13-19-8(9,10)11)12-7(14)4-5-16-2/h3-6H2,1-2H3,(H2,12,13,14,15). The van der Waals surface area contributed by atoms with Gasteiger partial charge in [0.05, 0.1) is 13.0 Å². The van der Waals surface area contributed by atoms with Crippen molar-refractivity contribution in [2.45, 2.75) is 22.9 Å². The quantitative estimate of drug-likeness (QED) is 0.353. The number of ether oxygens (including phenoxy) is 1. The summed E-state index contributed by atoms with van der Waals surface area (Å²) in [6, 6.07) is 0. The number of methoxy groups -OCH3 is 1. The van der Waals surface area contributed by atoms with Crippen LogP contribution in [0, 0.1) is 0 Å². The fourth-order valence-corrected chi connectivity index (χ4v) is 6.62. The number of rotatable bonds is 9. The van der Waals surface area contributed by atoms with Crippen LogP contribution in [0.15, 0.2) is 0 Å². The van der Waals surface area contributed by atoms with Crippen molar-refractivity contribution in [1.29, 1.82) is 0 Å². The van der Waals surface area contributed by atoms with Crippen molar-refractivity contribution in [3.8, 4) is 0 Å². The van der Waals surface area contributed by atoms with E-state index in [-0.39, 0.29) is 18.9 Å². The minimum absolute atomic E-state index is 0.118. The normalized spacial score (nSPS) is 15.0. The van der Waals surface area contributed by atoms with Gasteiger partial charge in [0.2, 0.25) is 5.91 Å². The molecule has 0 saturated carbocycles. The second kappa shape index (κ2) is 10.0. The number of halogens is 3. The van der Waals surface area contributed by atoms with Crippen LogP contribution >= 0.6 is 64.8 Å². The summed E-state index contributed by atoms with van der Waals surface area (Å²) in [4.78, 5) is 11.6. The third-order valence-electron chi connectivity index (χ3n) is 1.56. The Bertz CT molecular complexity index is 331. The first-order valence-corrected chi connectivity index (χ1v) is 10.5. The lowest BCUT2D eigenvalue weighted by molar-refractivity contribution is -0.120. The molecule has 0 spiro atoms. The molecule has 0 fully saturated rings. The molecule has 0 rings (SSSR count). The van der Waals surface area contributed by atoms with Gasteiger partial charge in [-0.05, 0) is 18.4 Å². The molecule has 11 heteroatoms. The largest absolute Gasteiger partial charge is 0.384 e. The highest BCUT2D eigenvalue weighted by molar-refractivity contribution is 8.58. The Labute approximate surface area is 136 Å². The van der Waals surface area contributed by atoms with Gasteiger partial charge < -0.3 is 4.74 Å². The first kappa shape index (κ1) is 20.2. The highest BCUT2D eigenvalue weighted by atomic mass is 35.6. The molecule has 0 saturated heterocycles. The summed E-state index contributed by atoms with van der Waals surface area (Å²) in [5.41, 5.74) is 0. The van der Waals surface area contributed by atoms with Crippen LogP contribution < -0.4 is 9.58 Å². The van der Waals surface area contributed by atoms with E-state index in [1.165, 1.54) is 7.11 Å². The maximum absolute atomic E-state index is 12.5. The van der Waals surface area contributed by atoms with E-state index in [1.807, 2.05) is 6.92 Å². The molecule has 0 bridgehead atoms. The van der Waals surface area contributed by atoms with Crippen LogP contribution in [0.25, 0.3) is 0 Å². The number of nitrogens with one attached hydrogen (secondary N) is 2. The fourth-order valence-electron chi connectivity index (χ4n) is 0.828. The van der Waals surface area contributed by atoms with E-state index in [0.717, 1.165) is 17.8 Å². The van der Waals surface area contributed by atoms with Gasteiger partial charge in [-0.15, -0.1) is 0 Å². The molecule has 0 aromatic rings. The molecular weight excluding hydrogens is 374 g/mol. The Balaban J connectivity index is 4.49. The molecule has 2 N–H and O–H groups in total. The van der Waals surface area contributed by atoms with E-state index in [2.05, 4.69) is 9.58 Å². The van der Waals surface area contributed by atoms with Gasteiger partial charge in [-0.2, -0.15) is 4.49 Å². The van der Waals surface area contributed by atoms with Gasteiger partial charge in [-0.1, -0.05) is 53.1 Å². The van der Waals surface area contributed by atoms with Crippen LogP contribution in [0.3, 0.4) is 0 Å². The Morgan fingerprint density at radius 3 is 2.53 bits per heavy atom. The molecule has 19 heavy (non-hydrogen) atoms. The number of carbonyl (C=O) groups excluding carboxylic acids is 1. The second-order valence-corrected chi connectivity index (χ2v) is 12.1. The average molecular weight is 390 g/mol. The molecule has 0 heterocycles. The number of alkyl halides is 3. The predicted octanol–water partition coefficient (Wildman–Crippen LogP) is 3.96. The van der Waals surface area contributed by atoms with Gasteiger partial charge in [-0.25, -0.2) is 0 Å². The second-order valence-electron chi connectivity index (χ2n) is 3.30. The van der Waals surface area contributed by atoms with Crippen LogP contribution in [0.5, 0.6) is 0 Å². The van der Waals surface area contributed by atoms with Crippen molar-refractivity contribution in [3.05, 3.63) is 0 Å². The zero-order valence-electron chi connectivity index (χ0n) is 10.5. The molecule has 0 aliphatic carbocycles. The molecule has 1 atom stereocenters. The van der Waals surface area contributed by atoms with Crippen molar-refractivity contribution < 1.29 is 14.1 Å². The lowest BCUT2D eigenvalue weighted by atomic mass is 10.4. The molecule has 0 aromatic carbocycles. The lowest BCUT2D eigenvalue weighted by Gasteiger charge is -2.21. The topological polar surface area (TPSA) is 67.4 Å². The summed E-state index contributed by atoms with van der Waals surface area (Å²) in [7, 11) is 1.48. The van der Waals surface area contributed by atoms with Crippen LogP contribution in [-0.4, -0.2) is 28.5 Å². The zero-order valence-corrected chi connectivity index (χ0v) is 15.2. The summed E-state index contributed by atoms with van der Waals surface area (Å²) in [6.45, 7) is -1.02. The maximum atomic E-state index is 12.5. The number of hydrogen-bond donors (Lipinski definition) is 2. The van der Waals surface area contributed by atoms with Gasteiger partial charge >= 0.3 is 6.65 Å². The molecule has 0 aliphatic rings. The minimum atomic E-state index is -3.21. The summed E-state index contributed by atoms with van der Waals surface area (Å²) >= 11 is 18.5. The molecule has 0 aliphatic heterocycles. The Morgan fingerprint density at radius 2 is 2.05 bits per heavy atom. The van der Waals surface area contributed by atoms with Crippen molar-refractivity contribution in [2.24, 2.45) is 0 Å². The monoisotopic (exact) mass is 388 g/mol. The average Bonchev–Trinajstić information content (AvgIpc) is 2.31. The highest BCUT2D eigenvalue weighted by Gasteiger charge is 2.30. The molecule has 1 unspecified atom stereocenters. The summed E-state index contributed by atoms with van der Waals surface area (Å²) in [5, 5.41) is 2.43. The van der Waals surface area contributed by atoms with Crippen molar-refractivity contribution in [3.63, 3.8) is 0 Å². The number of carbonyl (C=O) groups is 1. The highest BCUT2D eigenvalue weighted by Crippen LogP contribution is 2.55. The van der Waals surface area contributed by atoms with E-state index in [9.17, 15) is 9.36 Å². The third-order valence-corrected chi connectivity index (χ3v) is 7.90. The van der Waals surface area contributed by atoms with Gasteiger partial charge in [0, 0.05) is 12.9 Å².